The number of para-hydroxylation sites is 3. The topological polar surface area (TPSA) is 83.7 Å². The van der Waals surface area contributed by atoms with Crippen LogP contribution in [0.25, 0.3) is 33.5 Å². The lowest BCUT2D eigenvalue weighted by Gasteiger charge is -2.15. The maximum absolute atomic E-state index is 5.89. The number of nitrogens with one attached hydrogen (secondary N) is 1. The zero-order chi connectivity index (χ0) is 18.9. The van der Waals surface area contributed by atoms with E-state index in [-0.39, 0.29) is 0 Å². The summed E-state index contributed by atoms with van der Waals surface area (Å²) in [5, 5.41) is 9.31. The first-order valence-electron chi connectivity index (χ1n) is 9.10. The van der Waals surface area contributed by atoms with Gasteiger partial charge in [-0.3, -0.25) is 0 Å². The summed E-state index contributed by atoms with van der Waals surface area (Å²) in [5.74, 6) is 2.17. The predicted molar refractivity (Wildman–Crippen MR) is 108 cm³/mol. The standard InChI is InChI=1S/C21H18N6O/c1-27(11-10-20-23-15-7-3-4-8-16(15)24-20)21-25-17(13-22-26-21)19-12-14-6-2-5-9-18(14)28-19/h2-9,12-13H,10-11H2,1H3,(H,23,24). The summed E-state index contributed by atoms with van der Waals surface area (Å²) >= 11 is 0. The number of hydrogen-bond donors (Lipinski definition) is 1. The van der Waals surface area contributed by atoms with E-state index >= 15 is 0 Å². The van der Waals surface area contributed by atoms with Crippen molar-refractivity contribution in [1.29, 1.82) is 0 Å². The molecule has 3 heterocycles. The van der Waals surface area contributed by atoms with Crippen molar-refractivity contribution in [1.82, 2.24) is 25.1 Å². The SMILES string of the molecule is CN(CCc1nc2ccccc2[nH]1)c1nncc(-c2cc3ccccc3o2)n1. The van der Waals surface area contributed by atoms with E-state index < -0.39 is 0 Å². The maximum Gasteiger partial charge on any atom is 0.245 e. The highest BCUT2D eigenvalue weighted by Crippen LogP contribution is 2.26. The minimum atomic E-state index is 0.550. The van der Waals surface area contributed by atoms with E-state index in [1.807, 2.05) is 66.5 Å². The van der Waals surface area contributed by atoms with Crippen LogP contribution >= 0.6 is 0 Å². The average molecular weight is 370 g/mol. The molecule has 1 N–H and O–H groups in total. The Morgan fingerprint density at radius 1 is 1.04 bits per heavy atom. The molecule has 28 heavy (non-hydrogen) atoms. The molecule has 5 aromatic rings. The summed E-state index contributed by atoms with van der Waals surface area (Å²) in [4.78, 5) is 14.5. The zero-order valence-corrected chi connectivity index (χ0v) is 15.3. The van der Waals surface area contributed by atoms with E-state index in [0.29, 0.717) is 23.9 Å². The van der Waals surface area contributed by atoms with Gasteiger partial charge in [0, 0.05) is 25.4 Å². The second kappa shape index (κ2) is 6.77. The van der Waals surface area contributed by atoms with Crippen molar-refractivity contribution >= 4 is 28.0 Å². The molecule has 138 valence electrons. The summed E-state index contributed by atoms with van der Waals surface area (Å²) < 4.78 is 5.89. The number of aromatic amines is 1. The van der Waals surface area contributed by atoms with Crippen molar-refractivity contribution in [2.45, 2.75) is 6.42 Å². The third-order valence-electron chi connectivity index (χ3n) is 4.69. The molecule has 0 aliphatic heterocycles. The number of imidazole rings is 1. The van der Waals surface area contributed by atoms with Crippen LogP contribution in [-0.4, -0.2) is 38.7 Å². The van der Waals surface area contributed by atoms with Gasteiger partial charge in [0.25, 0.3) is 0 Å². The summed E-state index contributed by atoms with van der Waals surface area (Å²) in [6.45, 7) is 0.713. The van der Waals surface area contributed by atoms with Gasteiger partial charge in [-0.1, -0.05) is 30.3 Å². The minimum Gasteiger partial charge on any atom is -0.454 e. The third kappa shape index (κ3) is 3.07. The first-order chi connectivity index (χ1) is 13.8. The fourth-order valence-corrected chi connectivity index (χ4v) is 3.18. The molecular weight excluding hydrogens is 352 g/mol. The molecule has 0 atom stereocenters. The Morgan fingerprint density at radius 3 is 2.79 bits per heavy atom. The molecule has 0 bridgehead atoms. The number of fused-ring (bicyclic) bond motifs is 2. The van der Waals surface area contributed by atoms with E-state index in [9.17, 15) is 0 Å². The fraction of sp³-hybridized carbons (Fsp3) is 0.143. The molecule has 0 aliphatic rings. The lowest BCUT2D eigenvalue weighted by molar-refractivity contribution is 0.627. The van der Waals surface area contributed by atoms with Crippen molar-refractivity contribution < 1.29 is 4.42 Å². The molecule has 0 amide bonds. The monoisotopic (exact) mass is 370 g/mol. The highest BCUT2D eigenvalue weighted by atomic mass is 16.3. The molecule has 0 aliphatic carbocycles. The van der Waals surface area contributed by atoms with Gasteiger partial charge in [-0.15, -0.1) is 5.10 Å². The normalized spacial score (nSPS) is 11.3. The summed E-state index contributed by atoms with van der Waals surface area (Å²) in [7, 11) is 1.95. The molecule has 0 spiro atoms. The van der Waals surface area contributed by atoms with Gasteiger partial charge in [-0.2, -0.15) is 5.10 Å². The van der Waals surface area contributed by atoms with Gasteiger partial charge in [-0.05, 0) is 24.3 Å². The Balaban J connectivity index is 1.34. The van der Waals surface area contributed by atoms with Crippen molar-refractivity contribution in [2.75, 3.05) is 18.5 Å². The lowest BCUT2D eigenvalue weighted by Crippen LogP contribution is -2.23. The van der Waals surface area contributed by atoms with Crippen LogP contribution in [0.5, 0.6) is 0 Å². The van der Waals surface area contributed by atoms with Crippen LogP contribution in [0, 0.1) is 0 Å². The van der Waals surface area contributed by atoms with Crippen LogP contribution in [0.1, 0.15) is 5.82 Å². The van der Waals surface area contributed by atoms with Crippen LogP contribution in [0.15, 0.2) is 65.2 Å². The highest BCUT2D eigenvalue weighted by molar-refractivity contribution is 5.82. The Kier molecular flexibility index (Phi) is 3.97. The molecular formula is C21H18N6O. The number of aromatic nitrogens is 5. The Morgan fingerprint density at radius 2 is 1.89 bits per heavy atom. The van der Waals surface area contributed by atoms with E-state index in [1.165, 1.54) is 0 Å². The van der Waals surface area contributed by atoms with Crippen molar-refractivity contribution in [2.24, 2.45) is 0 Å². The van der Waals surface area contributed by atoms with E-state index in [2.05, 4.69) is 25.1 Å². The second-order valence-electron chi connectivity index (χ2n) is 6.66. The molecule has 2 aromatic carbocycles. The van der Waals surface area contributed by atoms with Gasteiger partial charge < -0.3 is 14.3 Å². The van der Waals surface area contributed by atoms with Gasteiger partial charge in [0.1, 0.15) is 17.1 Å². The van der Waals surface area contributed by atoms with Crippen molar-refractivity contribution in [3.05, 3.63) is 66.6 Å². The summed E-state index contributed by atoms with van der Waals surface area (Å²) in [5.41, 5.74) is 3.52. The van der Waals surface area contributed by atoms with Gasteiger partial charge >= 0.3 is 0 Å². The maximum atomic E-state index is 5.89. The lowest BCUT2D eigenvalue weighted by atomic mass is 10.2. The quantitative estimate of drug-likeness (QED) is 0.506. The van der Waals surface area contributed by atoms with Crippen LogP contribution in [-0.2, 0) is 6.42 Å². The molecule has 0 radical (unpaired) electrons. The Labute approximate surface area is 161 Å². The number of hydrogen-bond acceptors (Lipinski definition) is 6. The molecule has 7 nitrogen and oxygen atoms in total. The molecule has 3 aromatic heterocycles. The number of furan rings is 1. The number of rotatable bonds is 5. The van der Waals surface area contributed by atoms with Crippen molar-refractivity contribution in [3.63, 3.8) is 0 Å². The van der Waals surface area contributed by atoms with Crippen LogP contribution < -0.4 is 4.90 Å². The Bertz CT molecular complexity index is 1190. The van der Waals surface area contributed by atoms with Crippen LogP contribution in [0.4, 0.5) is 5.95 Å². The van der Waals surface area contributed by atoms with Gasteiger partial charge in [0.05, 0.1) is 17.2 Å². The largest absolute Gasteiger partial charge is 0.454 e. The number of likely N-dealkylation sites (N-methyl/N-ethyl adjacent to an activating group) is 1. The fourth-order valence-electron chi connectivity index (χ4n) is 3.18. The minimum absolute atomic E-state index is 0.550. The van der Waals surface area contributed by atoms with E-state index in [0.717, 1.165) is 34.2 Å². The van der Waals surface area contributed by atoms with Gasteiger partial charge in [0.15, 0.2) is 5.76 Å². The van der Waals surface area contributed by atoms with Gasteiger partial charge in [-0.25, -0.2) is 9.97 Å². The third-order valence-corrected chi connectivity index (χ3v) is 4.69. The summed E-state index contributed by atoms with van der Waals surface area (Å²) in [6, 6.07) is 17.9. The molecule has 0 unspecified atom stereocenters. The Hall–Kier alpha value is -3.74. The molecule has 0 saturated carbocycles. The predicted octanol–water partition coefficient (Wildman–Crippen LogP) is 3.84. The highest BCUT2D eigenvalue weighted by Gasteiger charge is 2.12. The second-order valence-corrected chi connectivity index (χ2v) is 6.66. The first-order valence-corrected chi connectivity index (χ1v) is 9.10. The smallest absolute Gasteiger partial charge is 0.245 e. The van der Waals surface area contributed by atoms with Crippen molar-refractivity contribution in [3.8, 4) is 11.5 Å². The number of anilines is 1. The van der Waals surface area contributed by atoms with E-state index in [4.69, 9.17) is 4.42 Å². The molecule has 0 fully saturated rings. The van der Waals surface area contributed by atoms with Crippen LogP contribution in [0.3, 0.4) is 0 Å². The van der Waals surface area contributed by atoms with Gasteiger partial charge in [0.2, 0.25) is 5.95 Å². The molecule has 7 heteroatoms. The first kappa shape index (κ1) is 16.4. The molecule has 5 rings (SSSR count). The average Bonchev–Trinajstić information content (AvgIpc) is 3.35. The van der Waals surface area contributed by atoms with Crippen LogP contribution in [0.2, 0.25) is 0 Å². The number of nitrogens with zero attached hydrogens (tertiary/aromatic N) is 5. The van der Waals surface area contributed by atoms with E-state index in [1.54, 1.807) is 6.20 Å². The number of benzene rings is 2. The molecule has 0 saturated heterocycles. The number of H-pyrrole nitrogens is 1. The zero-order valence-electron chi connectivity index (χ0n) is 15.3. The summed E-state index contributed by atoms with van der Waals surface area (Å²) in [6.07, 6.45) is 2.37.